The third-order valence-electron chi connectivity index (χ3n) is 2.68. The minimum atomic E-state index is -0.556. The summed E-state index contributed by atoms with van der Waals surface area (Å²) in [4.78, 5) is 0. The topological polar surface area (TPSA) is 60.0 Å². The number of benzene rings is 1. The molecule has 1 aromatic carbocycles. The molecular weight excluding hydrogens is 270 g/mol. The zero-order valence-electron chi connectivity index (χ0n) is 13.2. The average molecular weight is 297 g/mol. The van der Waals surface area contributed by atoms with Crippen LogP contribution in [0.4, 0.5) is 5.69 Å². The van der Waals surface area contributed by atoms with Crippen molar-refractivity contribution in [2.75, 3.05) is 38.3 Å². The van der Waals surface area contributed by atoms with E-state index in [2.05, 4.69) is 5.32 Å². The first-order valence-electron chi connectivity index (χ1n) is 7.46. The van der Waals surface area contributed by atoms with Crippen LogP contribution in [0.15, 0.2) is 24.3 Å². The van der Waals surface area contributed by atoms with Gasteiger partial charge in [-0.15, -0.1) is 0 Å². The molecule has 0 aliphatic heterocycles. The van der Waals surface area contributed by atoms with Crippen molar-refractivity contribution in [2.45, 2.75) is 33.0 Å². The zero-order valence-corrected chi connectivity index (χ0v) is 13.2. The van der Waals surface area contributed by atoms with Crippen molar-refractivity contribution in [3.63, 3.8) is 0 Å². The Bertz CT molecular complexity index is 384. The van der Waals surface area contributed by atoms with Crippen molar-refractivity contribution >= 4 is 5.69 Å². The summed E-state index contributed by atoms with van der Waals surface area (Å²) in [6.45, 7) is 8.32. The molecule has 1 aromatic rings. The number of anilines is 1. The van der Waals surface area contributed by atoms with E-state index in [9.17, 15) is 5.11 Å². The van der Waals surface area contributed by atoms with Gasteiger partial charge in [0.15, 0.2) is 0 Å². The van der Waals surface area contributed by atoms with Crippen LogP contribution in [0.2, 0.25) is 0 Å². The van der Waals surface area contributed by atoms with E-state index >= 15 is 0 Å². The second kappa shape index (κ2) is 10.4. The highest BCUT2D eigenvalue weighted by molar-refractivity contribution is 5.48. The van der Waals surface area contributed by atoms with Gasteiger partial charge < -0.3 is 24.6 Å². The number of aliphatic hydroxyl groups is 1. The predicted octanol–water partition coefficient (Wildman–Crippen LogP) is 2.30. The molecule has 1 rings (SSSR count). The monoisotopic (exact) mass is 297 g/mol. The minimum Gasteiger partial charge on any atom is -0.494 e. The molecule has 0 aliphatic carbocycles. The number of hydrogen-bond donors (Lipinski definition) is 2. The van der Waals surface area contributed by atoms with Crippen LogP contribution in [0.5, 0.6) is 5.75 Å². The molecular formula is C16H27NO4. The van der Waals surface area contributed by atoms with Gasteiger partial charge in [-0.05, 0) is 32.9 Å². The molecule has 1 atom stereocenters. The second-order valence-corrected chi connectivity index (χ2v) is 4.99. The van der Waals surface area contributed by atoms with Crippen LogP contribution in [0, 0.1) is 0 Å². The van der Waals surface area contributed by atoms with E-state index < -0.39 is 6.10 Å². The summed E-state index contributed by atoms with van der Waals surface area (Å²) < 4.78 is 16.1. The Morgan fingerprint density at radius 3 is 2.76 bits per heavy atom. The quantitative estimate of drug-likeness (QED) is 0.614. The van der Waals surface area contributed by atoms with Gasteiger partial charge in [0.2, 0.25) is 0 Å². The van der Waals surface area contributed by atoms with Crippen LogP contribution in [-0.4, -0.2) is 50.3 Å². The van der Waals surface area contributed by atoms with Gasteiger partial charge in [0.05, 0.1) is 38.6 Å². The summed E-state index contributed by atoms with van der Waals surface area (Å²) in [5.74, 6) is 0.819. The molecule has 0 saturated heterocycles. The van der Waals surface area contributed by atoms with Crippen molar-refractivity contribution in [3.8, 4) is 5.75 Å². The molecule has 0 saturated carbocycles. The van der Waals surface area contributed by atoms with Crippen molar-refractivity contribution in [1.29, 1.82) is 0 Å². The lowest BCUT2D eigenvalue weighted by molar-refractivity contribution is -0.00734. The molecule has 5 nitrogen and oxygen atoms in total. The molecule has 0 bridgehead atoms. The Kier molecular flexibility index (Phi) is 8.82. The molecule has 0 amide bonds. The number of aliphatic hydroxyl groups excluding tert-OH is 1. The summed E-state index contributed by atoms with van der Waals surface area (Å²) in [6, 6.07) is 7.67. The molecule has 5 heteroatoms. The third kappa shape index (κ3) is 8.55. The van der Waals surface area contributed by atoms with E-state index in [1.807, 2.05) is 45.0 Å². The van der Waals surface area contributed by atoms with E-state index in [0.717, 1.165) is 11.4 Å². The van der Waals surface area contributed by atoms with Crippen molar-refractivity contribution in [3.05, 3.63) is 24.3 Å². The average Bonchev–Trinajstić information content (AvgIpc) is 2.45. The lowest BCUT2D eigenvalue weighted by Crippen LogP contribution is -2.25. The molecule has 0 fully saturated rings. The second-order valence-electron chi connectivity index (χ2n) is 4.99. The van der Waals surface area contributed by atoms with E-state index in [1.165, 1.54) is 0 Å². The zero-order chi connectivity index (χ0) is 15.5. The van der Waals surface area contributed by atoms with Gasteiger partial charge in [0.25, 0.3) is 0 Å². The molecule has 0 aliphatic rings. The summed E-state index contributed by atoms with van der Waals surface area (Å²) >= 11 is 0. The van der Waals surface area contributed by atoms with Crippen LogP contribution < -0.4 is 10.1 Å². The van der Waals surface area contributed by atoms with Crippen LogP contribution in [0.3, 0.4) is 0 Å². The van der Waals surface area contributed by atoms with Crippen LogP contribution >= 0.6 is 0 Å². The lowest BCUT2D eigenvalue weighted by atomic mass is 10.3. The molecule has 0 aromatic heterocycles. The largest absolute Gasteiger partial charge is 0.494 e. The van der Waals surface area contributed by atoms with E-state index in [1.54, 1.807) is 0 Å². The number of rotatable bonds is 11. The highest BCUT2D eigenvalue weighted by Crippen LogP contribution is 2.17. The van der Waals surface area contributed by atoms with Crippen LogP contribution in [-0.2, 0) is 9.47 Å². The Hall–Kier alpha value is -1.30. The van der Waals surface area contributed by atoms with Gasteiger partial charge >= 0.3 is 0 Å². The van der Waals surface area contributed by atoms with Crippen molar-refractivity contribution < 1.29 is 19.3 Å². The normalized spacial score (nSPS) is 12.4. The van der Waals surface area contributed by atoms with E-state index in [-0.39, 0.29) is 6.10 Å². The molecule has 0 heterocycles. The number of hydrogen-bond acceptors (Lipinski definition) is 5. The highest BCUT2D eigenvalue weighted by Gasteiger charge is 2.05. The number of ether oxygens (including phenoxy) is 3. The maximum atomic E-state index is 9.83. The maximum absolute atomic E-state index is 9.83. The molecule has 1 unspecified atom stereocenters. The molecule has 0 spiro atoms. The minimum absolute atomic E-state index is 0.206. The Morgan fingerprint density at radius 2 is 2.05 bits per heavy atom. The summed E-state index contributed by atoms with van der Waals surface area (Å²) in [6.07, 6.45) is -0.349. The predicted molar refractivity (Wildman–Crippen MR) is 84.0 cm³/mol. The summed E-state index contributed by atoms with van der Waals surface area (Å²) in [7, 11) is 0. The van der Waals surface area contributed by atoms with Crippen molar-refractivity contribution in [2.24, 2.45) is 0 Å². The highest BCUT2D eigenvalue weighted by atomic mass is 16.5. The van der Waals surface area contributed by atoms with Crippen LogP contribution in [0.25, 0.3) is 0 Å². The van der Waals surface area contributed by atoms with Gasteiger partial charge in [-0.1, -0.05) is 6.07 Å². The SMILES string of the molecule is CCOc1cccc(NCC(O)COCCOC(C)C)c1. The first kappa shape index (κ1) is 17.8. The van der Waals surface area contributed by atoms with Gasteiger partial charge in [0.1, 0.15) is 5.75 Å². The fourth-order valence-corrected chi connectivity index (χ4v) is 1.72. The fourth-order valence-electron chi connectivity index (χ4n) is 1.72. The smallest absolute Gasteiger partial charge is 0.121 e. The molecule has 120 valence electrons. The van der Waals surface area contributed by atoms with Gasteiger partial charge in [-0.3, -0.25) is 0 Å². The van der Waals surface area contributed by atoms with Crippen LogP contribution in [0.1, 0.15) is 20.8 Å². The summed E-state index contributed by atoms with van der Waals surface area (Å²) in [5, 5.41) is 13.0. The lowest BCUT2D eigenvalue weighted by Gasteiger charge is -2.14. The third-order valence-corrected chi connectivity index (χ3v) is 2.68. The molecule has 2 N–H and O–H groups in total. The van der Waals surface area contributed by atoms with E-state index in [4.69, 9.17) is 14.2 Å². The Morgan fingerprint density at radius 1 is 1.24 bits per heavy atom. The van der Waals surface area contributed by atoms with E-state index in [0.29, 0.717) is 33.0 Å². The standard InChI is InChI=1S/C16H27NO4/c1-4-20-16-7-5-6-14(10-16)17-11-15(18)12-19-8-9-21-13(2)3/h5-7,10,13,15,17-18H,4,8-9,11-12H2,1-3H3. The number of nitrogens with one attached hydrogen (secondary N) is 1. The Balaban J connectivity index is 2.17. The molecule has 0 radical (unpaired) electrons. The van der Waals surface area contributed by atoms with Crippen molar-refractivity contribution in [1.82, 2.24) is 0 Å². The van der Waals surface area contributed by atoms with Gasteiger partial charge in [-0.25, -0.2) is 0 Å². The van der Waals surface area contributed by atoms with Gasteiger partial charge in [0, 0.05) is 18.3 Å². The fraction of sp³-hybridized carbons (Fsp3) is 0.625. The first-order chi connectivity index (χ1) is 10.1. The first-order valence-corrected chi connectivity index (χ1v) is 7.46. The molecule has 21 heavy (non-hydrogen) atoms. The maximum Gasteiger partial charge on any atom is 0.121 e. The Labute approximate surface area is 127 Å². The van der Waals surface area contributed by atoms with Gasteiger partial charge in [-0.2, -0.15) is 0 Å². The summed E-state index contributed by atoms with van der Waals surface area (Å²) in [5.41, 5.74) is 0.920.